The molecule has 0 aromatic rings. The summed E-state index contributed by atoms with van der Waals surface area (Å²) in [7, 11) is 0. The third-order valence-electron chi connectivity index (χ3n) is 3.58. The second-order valence-corrected chi connectivity index (χ2v) is 5.81. The molecule has 3 unspecified atom stereocenters. The number of nitrogens with one attached hydrogen (secondary N) is 1. The molecule has 2 aliphatic heterocycles. The van der Waals surface area contributed by atoms with Crippen LogP contribution in [0.4, 0.5) is 0 Å². The van der Waals surface area contributed by atoms with E-state index in [2.05, 4.69) is 5.32 Å². The van der Waals surface area contributed by atoms with E-state index in [-0.39, 0.29) is 16.6 Å². The van der Waals surface area contributed by atoms with E-state index in [1.54, 1.807) is 11.8 Å². The van der Waals surface area contributed by atoms with Crippen molar-refractivity contribution in [1.29, 1.82) is 0 Å². The Morgan fingerprint density at radius 1 is 1.67 bits per heavy atom. The lowest BCUT2D eigenvalue weighted by atomic mass is 9.73. The average molecular weight is 229 g/mol. The highest BCUT2D eigenvalue weighted by Crippen LogP contribution is 2.48. The van der Waals surface area contributed by atoms with Crippen molar-refractivity contribution in [2.24, 2.45) is 5.41 Å². The molecular formula is C10H15NO3S. The summed E-state index contributed by atoms with van der Waals surface area (Å²) in [4.78, 5) is 22.5. The molecule has 0 saturated carbocycles. The number of hydrogen-bond donors (Lipinski definition) is 2. The number of carbonyl (C=O) groups excluding carboxylic acids is 1. The zero-order valence-corrected chi connectivity index (χ0v) is 9.47. The minimum absolute atomic E-state index is 0.114. The van der Waals surface area contributed by atoms with Crippen molar-refractivity contribution in [3.8, 4) is 0 Å². The summed E-state index contributed by atoms with van der Waals surface area (Å²) in [6.45, 7) is 2.04. The lowest BCUT2D eigenvalue weighted by Gasteiger charge is -2.40. The molecule has 2 N–H and O–H groups in total. The van der Waals surface area contributed by atoms with E-state index in [1.807, 2.05) is 6.92 Å². The number of aliphatic carboxylic acids is 1. The molecule has 2 fully saturated rings. The Labute approximate surface area is 92.8 Å². The van der Waals surface area contributed by atoms with Crippen LogP contribution in [-0.2, 0) is 9.59 Å². The van der Waals surface area contributed by atoms with Crippen molar-refractivity contribution >= 4 is 23.6 Å². The van der Waals surface area contributed by atoms with Crippen LogP contribution in [0, 0.1) is 5.41 Å². The van der Waals surface area contributed by atoms with Gasteiger partial charge in [0.2, 0.25) is 5.91 Å². The Balaban J connectivity index is 2.30. The second kappa shape index (κ2) is 3.70. The van der Waals surface area contributed by atoms with Crippen LogP contribution in [0.25, 0.3) is 0 Å². The molecule has 0 bridgehead atoms. The zero-order chi connectivity index (χ0) is 11.1. The van der Waals surface area contributed by atoms with Gasteiger partial charge in [-0.3, -0.25) is 4.79 Å². The highest BCUT2D eigenvalue weighted by atomic mass is 32.2. The third kappa shape index (κ3) is 1.62. The van der Waals surface area contributed by atoms with E-state index in [4.69, 9.17) is 5.11 Å². The molecule has 1 amide bonds. The quantitative estimate of drug-likeness (QED) is 0.700. The third-order valence-corrected chi connectivity index (χ3v) is 5.07. The predicted molar refractivity (Wildman–Crippen MR) is 57.8 cm³/mol. The highest BCUT2D eigenvalue weighted by Gasteiger charge is 2.54. The molecule has 3 atom stereocenters. The van der Waals surface area contributed by atoms with Crippen molar-refractivity contribution in [2.75, 3.05) is 5.75 Å². The lowest BCUT2D eigenvalue weighted by Crippen LogP contribution is -2.49. The maximum Gasteiger partial charge on any atom is 0.326 e. The van der Waals surface area contributed by atoms with Gasteiger partial charge in [-0.05, 0) is 18.6 Å². The lowest BCUT2D eigenvalue weighted by molar-refractivity contribution is -0.142. The van der Waals surface area contributed by atoms with E-state index < -0.39 is 12.0 Å². The van der Waals surface area contributed by atoms with Gasteiger partial charge in [-0.1, -0.05) is 6.92 Å². The van der Waals surface area contributed by atoms with Crippen molar-refractivity contribution in [3.63, 3.8) is 0 Å². The first-order valence-electron chi connectivity index (χ1n) is 5.20. The number of carboxylic acid groups (broad SMARTS) is 1. The predicted octanol–water partition coefficient (Wildman–Crippen LogP) is 0.861. The summed E-state index contributed by atoms with van der Waals surface area (Å²) in [5.41, 5.74) is -0.355. The monoisotopic (exact) mass is 229 g/mol. The highest BCUT2D eigenvalue weighted by molar-refractivity contribution is 7.99. The molecule has 4 nitrogen and oxygen atoms in total. The molecule has 84 valence electrons. The summed E-state index contributed by atoms with van der Waals surface area (Å²) in [6, 6.07) is -0.687. The average Bonchev–Trinajstić information content (AvgIpc) is 2.50. The fourth-order valence-electron chi connectivity index (χ4n) is 2.71. The van der Waals surface area contributed by atoms with Gasteiger partial charge in [0.25, 0.3) is 0 Å². The summed E-state index contributed by atoms with van der Waals surface area (Å²) in [5, 5.41) is 12.0. The second-order valence-electron chi connectivity index (χ2n) is 4.37. The Kier molecular flexibility index (Phi) is 2.66. The van der Waals surface area contributed by atoms with Gasteiger partial charge in [-0.15, -0.1) is 0 Å². The molecule has 15 heavy (non-hydrogen) atoms. The van der Waals surface area contributed by atoms with Gasteiger partial charge < -0.3 is 10.4 Å². The van der Waals surface area contributed by atoms with Gasteiger partial charge in [0.1, 0.15) is 6.04 Å². The largest absolute Gasteiger partial charge is 0.480 e. The van der Waals surface area contributed by atoms with Crippen LogP contribution in [-0.4, -0.2) is 34.0 Å². The number of carboxylic acids is 1. The van der Waals surface area contributed by atoms with Crippen LogP contribution < -0.4 is 5.32 Å². The Morgan fingerprint density at radius 2 is 2.40 bits per heavy atom. The van der Waals surface area contributed by atoms with E-state index in [1.165, 1.54) is 0 Å². The maximum atomic E-state index is 11.4. The maximum absolute atomic E-state index is 11.4. The molecule has 2 saturated heterocycles. The topological polar surface area (TPSA) is 66.4 Å². The van der Waals surface area contributed by atoms with Crippen molar-refractivity contribution in [2.45, 2.75) is 37.5 Å². The molecule has 1 spiro atoms. The van der Waals surface area contributed by atoms with E-state index in [0.29, 0.717) is 6.42 Å². The smallest absolute Gasteiger partial charge is 0.326 e. The Bertz CT molecular complexity index is 307. The fourth-order valence-corrected chi connectivity index (χ4v) is 4.04. The zero-order valence-electron chi connectivity index (χ0n) is 8.66. The van der Waals surface area contributed by atoms with Crippen molar-refractivity contribution in [1.82, 2.24) is 5.32 Å². The van der Waals surface area contributed by atoms with Gasteiger partial charge in [0.05, 0.1) is 0 Å². The van der Waals surface area contributed by atoms with Crippen LogP contribution >= 0.6 is 11.8 Å². The SMILES string of the molecule is CC1SCCCC12CC(=O)NC2C(=O)O. The van der Waals surface area contributed by atoms with E-state index in [0.717, 1.165) is 18.6 Å². The van der Waals surface area contributed by atoms with Crippen LogP contribution in [0.5, 0.6) is 0 Å². The summed E-state index contributed by atoms with van der Waals surface area (Å²) in [5.74, 6) is 0.0654. The molecule has 0 radical (unpaired) electrons. The summed E-state index contributed by atoms with van der Waals surface area (Å²) in [6.07, 6.45) is 2.22. The molecule has 2 aliphatic rings. The van der Waals surface area contributed by atoms with Gasteiger partial charge in [0.15, 0.2) is 0 Å². The van der Waals surface area contributed by atoms with E-state index in [9.17, 15) is 9.59 Å². The first kappa shape index (κ1) is 10.8. The van der Waals surface area contributed by atoms with Crippen LogP contribution in [0.15, 0.2) is 0 Å². The first-order valence-corrected chi connectivity index (χ1v) is 6.25. The minimum atomic E-state index is -0.893. The van der Waals surface area contributed by atoms with E-state index >= 15 is 0 Å². The molecule has 0 aromatic heterocycles. The molecule has 2 rings (SSSR count). The Morgan fingerprint density at radius 3 is 3.00 bits per heavy atom. The van der Waals surface area contributed by atoms with Gasteiger partial charge in [-0.2, -0.15) is 11.8 Å². The van der Waals surface area contributed by atoms with Crippen molar-refractivity contribution in [3.05, 3.63) is 0 Å². The number of hydrogen-bond acceptors (Lipinski definition) is 3. The van der Waals surface area contributed by atoms with Gasteiger partial charge in [0, 0.05) is 17.1 Å². The number of thioether (sulfide) groups is 1. The first-order chi connectivity index (χ1) is 7.06. The molecule has 0 aromatic carbocycles. The standard InChI is InChI=1S/C10H15NO3S/c1-6-10(3-2-4-15-6)5-7(12)11-8(10)9(13)14/h6,8H,2-5H2,1H3,(H,11,12)(H,13,14). The Hall–Kier alpha value is -0.710. The van der Waals surface area contributed by atoms with Gasteiger partial charge in [-0.25, -0.2) is 4.79 Å². The van der Waals surface area contributed by atoms with Gasteiger partial charge >= 0.3 is 5.97 Å². The minimum Gasteiger partial charge on any atom is -0.480 e. The molecular weight excluding hydrogens is 214 g/mol. The fraction of sp³-hybridized carbons (Fsp3) is 0.800. The molecule has 0 aliphatic carbocycles. The molecule has 5 heteroatoms. The molecule has 2 heterocycles. The van der Waals surface area contributed by atoms with Crippen molar-refractivity contribution < 1.29 is 14.7 Å². The normalized spacial score (nSPS) is 40.5. The number of rotatable bonds is 1. The summed E-state index contributed by atoms with van der Waals surface area (Å²) < 4.78 is 0. The summed E-state index contributed by atoms with van der Waals surface area (Å²) >= 11 is 1.78. The van der Waals surface area contributed by atoms with Crippen LogP contribution in [0.2, 0.25) is 0 Å². The van der Waals surface area contributed by atoms with Crippen LogP contribution in [0.3, 0.4) is 0 Å². The number of carbonyl (C=O) groups is 2. The number of amides is 1. The van der Waals surface area contributed by atoms with Crippen LogP contribution in [0.1, 0.15) is 26.2 Å².